The van der Waals surface area contributed by atoms with E-state index in [4.69, 9.17) is 27.9 Å². The number of carbonyl (C=O) groups is 2. The lowest BCUT2D eigenvalue weighted by Gasteiger charge is -2.36. The van der Waals surface area contributed by atoms with E-state index in [1.807, 2.05) is 34.6 Å². The number of hydrogen-bond donors (Lipinski definition) is 1. The quantitative estimate of drug-likeness (QED) is 0.663. The van der Waals surface area contributed by atoms with Gasteiger partial charge in [0, 0.05) is 31.7 Å². The van der Waals surface area contributed by atoms with Crippen molar-refractivity contribution in [2.75, 3.05) is 26.2 Å². The van der Waals surface area contributed by atoms with E-state index in [1.54, 1.807) is 28.0 Å². The predicted molar refractivity (Wildman–Crippen MR) is 120 cm³/mol. The maximum Gasteiger partial charge on any atom is 0.410 e. The number of urea groups is 1. The van der Waals surface area contributed by atoms with Crippen LogP contribution in [0.4, 0.5) is 9.59 Å². The van der Waals surface area contributed by atoms with Gasteiger partial charge < -0.3 is 19.9 Å². The molecule has 1 heterocycles. The van der Waals surface area contributed by atoms with Gasteiger partial charge >= 0.3 is 12.1 Å². The highest BCUT2D eigenvalue weighted by Crippen LogP contribution is 2.22. The highest BCUT2D eigenvalue weighted by Gasteiger charge is 2.28. The van der Waals surface area contributed by atoms with Crippen LogP contribution in [-0.2, 0) is 4.74 Å². The molecule has 1 aromatic rings. The molecule has 30 heavy (non-hydrogen) atoms. The monoisotopic (exact) mass is 453 g/mol. The van der Waals surface area contributed by atoms with Gasteiger partial charge in [-0.25, -0.2) is 9.59 Å². The van der Waals surface area contributed by atoms with E-state index < -0.39 is 5.60 Å². The lowest BCUT2D eigenvalue weighted by molar-refractivity contribution is 0.0169. The van der Waals surface area contributed by atoms with Crippen molar-refractivity contribution in [2.45, 2.75) is 46.3 Å². The standard InChI is InChI=1S/C22H29Cl2N3O3/c1-15(2)19(9-7-16-6-8-17(23)18(24)14-16)25-20(28)26-10-12-27(13-11-26)21(29)30-22(3,4)5/h6,8,14-15,19H,10-13H2,1-5H3,(H,25,28). The Hall–Kier alpha value is -2.10. The summed E-state index contributed by atoms with van der Waals surface area (Å²) < 4.78 is 5.39. The number of hydrogen-bond acceptors (Lipinski definition) is 3. The van der Waals surface area contributed by atoms with Crippen molar-refractivity contribution in [1.82, 2.24) is 15.1 Å². The second-order valence-electron chi connectivity index (χ2n) is 8.52. The molecule has 1 atom stereocenters. The molecule has 1 N–H and O–H groups in total. The Labute approximate surface area is 188 Å². The first-order valence-corrected chi connectivity index (χ1v) is 10.7. The summed E-state index contributed by atoms with van der Waals surface area (Å²) in [5, 5.41) is 3.90. The summed E-state index contributed by atoms with van der Waals surface area (Å²) in [6, 6.07) is 4.67. The summed E-state index contributed by atoms with van der Waals surface area (Å²) in [5.74, 6) is 6.28. The maximum absolute atomic E-state index is 12.7. The van der Waals surface area contributed by atoms with Crippen molar-refractivity contribution in [3.05, 3.63) is 33.8 Å². The zero-order valence-electron chi connectivity index (χ0n) is 18.1. The molecule has 8 heteroatoms. The Bertz CT molecular complexity index is 832. The molecule has 0 bridgehead atoms. The predicted octanol–water partition coefficient (Wildman–Crippen LogP) is 4.63. The summed E-state index contributed by atoms with van der Waals surface area (Å²) in [6.07, 6.45) is -0.352. The first-order valence-electron chi connectivity index (χ1n) is 9.96. The van der Waals surface area contributed by atoms with E-state index in [0.29, 0.717) is 36.2 Å². The number of nitrogens with one attached hydrogen (secondary N) is 1. The Morgan fingerprint density at radius 2 is 1.67 bits per heavy atom. The molecule has 1 fully saturated rings. The SMILES string of the molecule is CC(C)C(C#Cc1ccc(Cl)c(Cl)c1)NC(=O)N1CCN(C(=O)OC(C)(C)C)CC1. The van der Waals surface area contributed by atoms with Crippen molar-refractivity contribution in [1.29, 1.82) is 0 Å². The smallest absolute Gasteiger partial charge is 0.410 e. The average Bonchev–Trinajstić information content (AvgIpc) is 2.66. The van der Waals surface area contributed by atoms with Crippen molar-refractivity contribution >= 4 is 35.3 Å². The third-order valence-electron chi connectivity index (χ3n) is 4.46. The second-order valence-corrected chi connectivity index (χ2v) is 9.34. The van der Waals surface area contributed by atoms with Crippen LogP contribution >= 0.6 is 23.2 Å². The van der Waals surface area contributed by atoms with Gasteiger partial charge in [0.05, 0.1) is 16.1 Å². The van der Waals surface area contributed by atoms with Crippen LogP contribution in [0, 0.1) is 17.8 Å². The average molecular weight is 454 g/mol. The molecule has 0 saturated carbocycles. The molecule has 0 aliphatic carbocycles. The van der Waals surface area contributed by atoms with E-state index in [0.717, 1.165) is 5.56 Å². The van der Waals surface area contributed by atoms with Crippen LogP contribution in [0.2, 0.25) is 10.0 Å². The minimum Gasteiger partial charge on any atom is -0.444 e. The van der Waals surface area contributed by atoms with Crippen LogP contribution in [0.3, 0.4) is 0 Å². The lowest BCUT2D eigenvalue weighted by Crippen LogP contribution is -2.55. The third kappa shape index (κ3) is 7.30. The van der Waals surface area contributed by atoms with Gasteiger partial charge in [-0.1, -0.05) is 48.9 Å². The van der Waals surface area contributed by atoms with E-state index in [-0.39, 0.29) is 24.1 Å². The van der Waals surface area contributed by atoms with E-state index in [9.17, 15) is 9.59 Å². The molecule has 1 aliphatic heterocycles. The molecule has 0 radical (unpaired) electrons. The third-order valence-corrected chi connectivity index (χ3v) is 5.19. The van der Waals surface area contributed by atoms with Gasteiger partial charge in [0.25, 0.3) is 0 Å². The van der Waals surface area contributed by atoms with Gasteiger partial charge in [-0.05, 0) is 44.9 Å². The Balaban J connectivity index is 1.94. The van der Waals surface area contributed by atoms with Crippen molar-refractivity contribution in [3.63, 3.8) is 0 Å². The Morgan fingerprint density at radius 3 is 2.20 bits per heavy atom. The van der Waals surface area contributed by atoms with Gasteiger partial charge in [0.15, 0.2) is 0 Å². The normalized spacial score (nSPS) is 15.3. The van der Waals surface area contributed by atoms with Crippen molar-refractivity contribution in [3.8, 4) is 11.8 Å². The largest absolute Gasteiger partial charge is 0.444 e. The van der Waals surface area contributed by atoms with Gasteiger partial charge in [0.1, 0.15) is 5.60 Å². The minimum atomic E-state index is -0.539. The first-order chi connectivity index (χ1) is 14.0. The van der Waals surface area contributed by atoms with Crippen molar-refractivity contribution in [2.24, 2.45) is 5.92 Å². The Morgan fingerprint density at radius 1 is 1.07 bits per heavy atom. The summed E-state index contributed by atoms with van der Waals surface area (Å²) >= 11 is 12.0. The minimum absolute atomic E-state index is 0.118. The number of ether oxygens (including phenoxy) is 1. The second kappa shape index (κ2) is 10.3. The van der Waals surface area contributed by atoms with Gasteiger partial charge in [-0.2, -0.15) is 0 Å². The molecule has 1 aliphatic rings. The number of rotatable bonds is 2. The van der Waals surface area contributed by atoms with Gasteiger partial charge in [0.2, 0.25) is 0 Å². The number of amides is 3. The van der Waals surface area contributed by atoms with Crippen LogP contribution in [0.25, 0.3) is 0 Å². The summed E-state index contributed by atoms with van der Waals surface area (Å²) in [7, 11) is 0. The number of piperazine rings is 1. The summed E-state index contributed by atoms with van der Waals surface area (Å²) in [4.78, 5) is 28.2. The zero-order chi connectivity index (χ0) is 22.5. The van der Waals surface area contributed by atoms with Gasteiger partial charge in [-0.3, -0.25) is 0 Å². The van der Waals surface area contributed by atoms with Crippen molar-refractivity contribution < 1.29 is 14.3 Å². The summed E-state index contributed by atoms with van der Waals surface area (Å²) in [5.41, 5.74) is 0.193. The highest BCUT2D eigenvalue weighted by atomic mass is 35.5. The van der Waals surface area contributed by atoms with Crippen LogP contribution in [0.5, 0.6) is 0 Å². The molecule has 1 aromatic carbocycles. The molecule has 2 rings (SSSR count). The molecule has 1 unspecified atom stereocenters. The Kier molecular flexibility index (Phi) is 8.28. The van der Waals surface area contributed by atoms with E-state index >= 15 is 0 Å². The molecular formula is C22H29Cl2N3O3. The number of carbonyl (C=O) groups excluding carboxylic acids is 2. The first kappa shape index (κ1) is 24.2. The maximum atomic E-state index is 12.7. The van der Waals surface area contributed by atoms with Crippen LogP contribution in [-0.4, -0.2) is 59.7 Å². The molecule has 3 amide bonds. The molecular weight excluding hydrogens is 425 g/mol. The topological polar surface area (TPSA) is 61.9 Å². The van der Waals surface area contributed by atoms with Crippen LogP contribution in [0.15, 0.2) is 18.2 Å². The molecule has 0 spiro atoms. The number of benzene rings is 1. The number of nitrogens with zero attached hydrogens (tertiary/aromatic N) is 2. The lowest BCUT2D eigenvalue weighted by atomic mass is 10.0. The van der Waals surface area contributed by atoms with Gasteiger partial charge in [-0.15, -0.1) is 0 Å². The van der Waals surface area contributed by atoms with E-state index in [1.165, 1.54) is 0 Å². The molecule has 164 valence electrons. The van der Waals surface area contributed by atoms with Crippen LogP contribution in [0.1, 0.15) is 40.2 Å². The fourth-order valence-electron chi connectivity index (χ4n) is 2.75. The van der Waals surface area contributed by atoms with E-state index in [2.05, 4.69) is 17.2 Å². The molecule has 0 aromatic heterocycles. The molecule has 6 nitrogen and oxygen atoms in total. The zero-order valence-corrected chi connectivity index (χ0v) is 19.6. The fourth-order valence-corrected chi connectivity index (χ4v) is 3.05. The number of halogens is 2. The molecule has 1 saturated heterocycles. The van der Waals surface area contributed by atoms with Crippen LogP contribution < -0.4 is 5.32 Å². The summed E-state index contributed by atoms with van der Waals surface area (Å²) in [6.45, 7) is 11.2. The highest BCUT2D eigenvalue weighted by molar-refractivity contribution is 6.42. The fraction of sp³-hybridized carbons (Fsp3) is 0.545.